The molecule has 2 saturated heterocycles. The molecule has 6 heteroatoms. The van der Waals surface area contributed by atoms with Gasteiger partial charge < -0.3 is 14.3 Å². The molecule has 2 fully saturated rings. The molecule has 2 amide bonds. The minimum absolute atomic E-state index is 0.0279. The molecule has 1 aromatic heterocycles. The van der Waals surface area contributed by atoms with E-state index in [0.29, 0.717) is 25.3 Å². The Bertz CT molecular complexity index is 739. The van der Waals surface area contributed by atoms with Gasteiger partial charge in [-0.25, -0.2) is 0 Å². The van der Waals surface area contributed by atoms with Crippen LogP contribution in [-0.4, -0.2) is 46.4 Å². The molecule has 4 rings (SSSR count). The number of amides is 2. The topological polar surface area (TPSA) is 66.7 Å². The summed E-state index contributed by atoms with van der Waals surface area (Å²) in [4.78, 5) is 29.2. The van der Waals surface area contributed by atoms with E-state index in [4.69, 9.17) is 4.52 Å². The van der Waals surface area contributed by atoms with Crippen LogP contribution in [0.5, 0.6) is 0 Å². The predicted molar refractivity (Wildman–Crippen MR) is 101 cm³/mol. The number of piperidine rings is 1. The fraction of sp³-hybridized carbons (Fsp3) is 0.667. The molecule has 0 saturated carbocycles. The number of rotatable bonds is 4. The predicted octanol–water partition coefficient (Wildman–Crippen LogP) is 2.99. The fourth-order valence-electron chi connectivity index (χ4n) is 4.83. The lowest BCUT2D eigenvalue weighted by Crippen LogP contribution is -2.44. The minimum atomic E-state index is 0.0279. The summed E-state index contributed by atoms with van der Waals surface area (Å²) in [6, 6.07) is 0. The van der Waals surface area contributed by atoms with Crippen molar-refractivity contribution in [2.75, 3.05) is 19.6 Å². The van der Waals surface area contributed by atoms with Gasteiger partial charge in [-0.1, -0.05) is 17.3 Å². The summed E-state index contributed by atoms with van der Waals surface area (Å²) in [5.74, 6) is 1.71. The van der Waals surface area contributed by atoms with Gasteiger partial charge in [-0.05, 0) is 45.4 Å². The molecule has 3 aliphatic rings. The number of carbonyl (C=O) groups excluding carboxylic acids is 2. The second kappa shape index (κ2) is 7.13. The molecule has 27 heavy (non-hydrogen) atoms. The molecule has 1 atom stereocenters. The molecule has 146 valence electrons. The highest BCUT2D eigenvalue weighted by atomic mass is 16.5. The lowest BCUT2D eigenvalue weighted by atomic mass is 9.77. The van der Waals surface area contributed by atoms with E-state index in [9.17, 15) is 9.59 Å². The monoisotopic (exact) mass is 371 g/mol. The van der Waals surface area contributed by atoms with Crippen LogP contribution < -0.4 is 0 Å². The lowest BCUT2D eigenvalue weighted by molar-refractivity contribution is -0.134. The molecule has 0 N–H and O–H groups in total. The standard InChI is InChI=1S/C21H29N3O3/c1-15-18(16(2)27-22-15)13-24-14-21(12-20(24)26)7-9-23(10-8-21)19(25)11-17-5-3-4-6-17/h3,5,17H,4,6-14H2,1-2H3/t17-/m0/s1. The molecule has 0 radical (unpaired) electrons. The second-order valence-corrected chi connectivity index (χ2v) is 8.58. The van der Waals surface area contributed by atoms with E-state index >= 15 is 0 Å². The highest BCUT2D eigenvalue weighted by Crippen LogP contribution is 2.42. The van der Waals surface area contributed by atoms with Gasteiger partial charge >= 0.3 is 0 Å². The average Bonchev–Trinajstić information content (AvgIpc) is 3.33. The lowest BCUT2D eigenvalue weighted by Gasteiger charge is -2.39. The Morgan fingerprint density at radius 2 is 2.11 bits per heavy atom. The first-order chi connectivity index (χ1) is 13.0. The average molecular weight is 371 g/mol. The van der Waals surface area contributed by atoms with E-state index < -0.39 is 0 Å². The van der Waals surface area contributed by atoms with Gasteiger partial charge in [-0.15, -0.1) is 0 Å². The molecule has 0 aromatic carbocycles. The Labute approximate surface area is 160 Å². The fourth-order valence-corrected chi connectivity index (χ4v) is 4.83. The first-order valence-corrected chi connectivity index (χ1v) is 10.1. The van der Waals surface area contributed by atoms with Gasteiger partial charge in [-0.3, -0.25) is 9.59 Å². The molecule has 1 aromatic rings. The van der Waals surface area contributed by atoms with Crippen molar-refractivity contribution in [2.24, 2.45) is 11.3 Å². The minimum Gasteiger partial charge on any atom is -0.361 e. The van der Waals surface area contributed by atoms with Crippen LogP contribution in [0.4, 0.5) is 0 Å². The zero-order valence-corrected chi connectivity index (χ0v) is 16.4. The van der Waals surface area contributed by atoms with E-state index in [1.807, 2.05) is 23.6 Å². The molecular formula is C21H29N3O3. The Morgan fingerprint density at radius 1 is 1.33 bits per heavy atom. The first-order valence-electron chi connectivity index (χ1n) is 10.1. The van der Waals surface area contributed by atoms with Crippen LogP contribution in [0.15, 0.2) is 16.7 Å². The van der Waals surface area contributed by atoms with Crippen LogP contribution in [0.3, 0.4) is 0 Å². The summed E-state index contributed by atoms with van der Waals surface area (Å²) in [7, 11) is 0. The van der Waals surface area contributed by atoms with Gasteiger partial charge in [0.25, 0.3) is 0 Å². The summed E-state index contributed by atoms with van der Waals surface area (Å²) in [6.45, 7) is 6.74. The molecular weight excluding hydrogens is 342 g/mol. The SMILES string of the molecule is Cc1noc(C)c1CN1CC2(CCN(C(=O)C[C@H]3C=CCC3)CC2)CC1=O. The second-order valence-electron chi connectivity index (χ2n) is 8.58. The van der Waals surface area contributed by atoms with E-state index in [2.05, 4.69) is 17.3 Å². The third-order valence-corrected chi connectivity index (χ3v) is 6.66. The highest BCUT2D eigenvalue weighted by molar-refractivity contribution is 5.80. The summed E-state index contributed by atoms with van der Waals surface area (Å²) >= 11 is 0. The van der Waals surface area contributed by atoms with Gasteiger partial charge in [-0.2, -0.15) is 0 Å². The highest BCUT2D eigenvalue weighted by Gasteiger charge is 2.45. The zero-order chi connectivity index (χ0) is 19.0. The van der Waals surface area contributed by atoms with Crippen molar-refractivity contribution in [2.45, 2.75) is 58.9 Å². The number of aryl methyl sites for hydroxylation is 2. The maximum Gasteiger partial charge on any atom is 0.223 e. The van der Waals surface area contributed by atoms with Crippen molar-refractivity contribution in [3.63, 3.8) is 0 Å². The third-order valence-electron chi connectivity index (χ3n) is 6.66. The number of carbonyl (C=O) groups is 2. The Kier molecular flexibility index (Phi) is 4.82. The van der Waals surface area contributed by atoms with E-state index in [1.165, 1.54) is 0 Å². The third kappa shape index (κ3) is 3.66. The maximum atomic E-state index is 12.6. The number of likely N-dealkylation sites (tertiary alicyclic amines) is 2. The van der Waals surface area contributed by atoms with Crippen LogP contribution in [0, 0.1) is 25.2 Å². The summed E-state index contributed by atoms with van der Waals surface area (Å²) < 4.78 is 5.24. The van der Waals surface area contributed by atoms with Gasteiger partial charge in [0.15, 0.2) is 0 Å². The van der Waals surface area contributed by atoms with E-state index in [1.54, 1.807) is 0 Å². The summed E-state index contributed by atoms with van der Waals surface area (Å²) in [6.07, 6.45) is 9.65. The number of aromatic nitrogens is 1. The number of hydrogen-bond acceptors (Lipinski definition) is 4. The van der Waals surface area contributed by atoms with E-state index in [0.717, 1.165) is 62.3 Å². The Balaban J connectivity index is 1.33. The van der Waals surface area contributed by atoms with Crippen molar-refractivity contribution in [3.8, 4) is 0 Å². The van der Waals surface area contributed by atoms with Gasteiger partial charge in [0, 0.05) is 43.5 Å². The summed E-state index contributed by atoms with van der Waals surface area (Å²) in [5.41, 5.74) is 1.92. The number of allylic oxidation sites excluding steroid dienone is 2. The van der Waals surface area contributed by atoms with Crippen molar-refractivity contribution in [1.29, 1.82) is 0 Å². The van der Waals surface area contributed by atoms with Crippen LogP contribution in [-0.2, 0) is 16.1 Å². The van der Waals surface area contributed by atoms with Gasteiger partial charge in [0.2, 0.25) is 11.8 Å². The molecule has 2 aliphatic heterocycles. The molecule has 1 aliphatic carbocycles. The smallest absolute Gasteiger partial charge is 0.223 e. The summed E-state index contributed by atoms with van der Waals surface area (Å²) in [5, 5.41) is 4.00. The zero-order valence-electron chi connectivity index (χ0n) is 16.4. The van der Waals surface area contributed by atoms with Crippen LogP contribution in [0.2, 0.25) is 0 Å². The van der Waals surface area contributed by atoms with Crippen molar-refractivity contribution >= 4 is 11.8 Å². The quantitative estimate of drug-likeness (QED) is 0.763. The normalized spacial score (nSPS) is 24.4. The first kappa shape index (κ1) is 18.3. The number of nitrogens with zero attached hydrogens (tertiary/aromatic N) is 3. The van der Waals surface area contributed by atoms with Crippen LogP contribution in [0.25, 0.3) is 0 Å². The molecule has 6 nitrogen and oxygen atoms in total. The Hall–Kier alpha value is -2.11. The molecule has 1 spiro atoms. The molecule has 0 unspecified atom stereocenters. The Morgan fingerprint density at radius 3 is 2.74 bits per heavy atom. The molecule has 0 bridgehead atoms. The molecule has 3 heterocycles. The number of hydrogen-bond donors (Lipinski definition) is 0. The van der Waals surface area contributed by atoms with Gasteiger partial charge in [0.1, 0.15) is 5.76 Å². The van der Waals surface area contributed by atoms with Crippen LogP contribution >= 0.6 is 0 Å². The van der Waals surface area contributed by atoms with E-state index in [-0.39, 0.29) is 17.2 Å². The van der Waals surface area contributed by atoms with Crippen molar-refractivity contribution < 1.29 is 14.1 Å². The largest absolute Gasteiger partial charge is 0.361 e. The van der Waals surface area contributed by atoms with Crippen LogP contribution in [0.1, 0.15) is 55.5 Å². The van der Waals surface area contributed by atoms with Gasteiger partial charge in [0.05, 0.1) is 12.2 Å². The van der Waals surface area contributed by atoms with Crippen molar-refractivity contribution in [1.82, 2.24) is 15.0 Å². The maximum absolute atomic E-state index is 12.6. The van der Waals surface area contributed by atoms with Crippen molar-refractivity contribution in [3.05, 3.63) is 29.2 Å².